The molecule has 2 aromatic rings. The Morgan fingerprint density at radius 1 is 1.03 bits per heavy atom. The predicted molar refractivity (Wildman–Crippen MR) is 131 cm³/mol. The molecule has 3 rings (SSSR count). The molecule has 0 bridgehead atoms. The minimum atomic E-state index is -3.60. The van der Waals surface area contributed by atoms with Gasteiger partial charge in [-0.15, -0.1) is 0 Å². The van der Waals surface area contributed by atoms with Crippen molar-refractivity contribution in [3.8, 4) is 5.75 Å². The smallest absolute Gasteiger partial charge is 0.262 e. The summed E-state index contributed by atoms with van der Waals surface area (Å²) in [6, 6.07) is 11.0. The summed E-state index contributed by atoms with van der Waals surface area (Å²) in [6.07, 6.45) is 0. The third-order valence-corrected chi connectivity index (χ3v) is 7.07. The molecule has 0 aromatic heterocycles. The van der Waals surface area contributed by atoms with Crippen LogP contribution in [0.4, 0.5) is 5.69 Å². The van der Waals surface area contributed by atoms with Crippen LogP contribution in [0.25, 0.3) is 0 Å². The summed E-state index contributed by atoms with van der Waals surface area (Å²) in [5, 5.41) is 2.74. The van der Waals surface area contributed by atoms with Gasteiger partial charge < -0.3 is 19.9 Å². The van der Waals surface area contributed by atoms with Crippen molar-refractivity contribution in [2.45, 2.75) is 31.7 Å². The minimum absolute atomic E-state index is 0.0150. The van der Waals surface area contributed by atoms with Gasteiger partial charge in [0, 0.05) is 43.5 Å². The molecule has 1 fully saturated rings. The molecule has 0 radical (unpaired) electrons. The fourth-order valence-corrected chi connectivity index (χ4v) is 4.89. The van der Waals surface area contributed by atoms with E-state index >= 15 is 0 Å². The Balaban J connectivity index is 1.53. The number of amides is 2. The zero-order valence-electron chi connectivity index (χ0n) is 20.0. The molecule has 1 heterocycles. The number of benzene rings is 2. The van der Waals surface area contributed by atoms with Crippen LogP contribution in [0.5, 0.6) is 5.75 Å². The maximum absolute atomic E-state index is 12.6. The molecule has 9 nitrogen and oxygen atoms in total. The molecule has 2 N–H and O–H groups in total. The largest absolute Gasteiger partial charge is 0.483 e. The van der Waals surface area contributed by atoms with Gasteiger partial charge in [0.1, 0.15) is 5.75 Å². The lowest BCUT2D eigenvalue weighted by Gasteiger charge is -2.32. The van der Waals surface area contributed by atoms with Crippen LogP contribution in [0.1, 0.15) is 29.8 Å². The molecule has 0 spiro atoms. The van der Waals surface area contributed by atoms with E-state index in [4.69, 9.17) is 4.74 Å². The average Bonchev–Trinajstić information content (AvgIpc) is 2.78. The number of anilines is 1. The number of aryl methyl sites for hydroxylation is 1. The van der Waals surface area contributed by atoms with Crippen LogP contribution < -0.4 is 14.8 Å². The van der Waals surface area contributed by atoms with Crippen molar-refractivity contribution in [3.63, 3.8) is 0 Å². The quantitative estimate of drug-likeness (QED) is 0.589. The molecule has 2 aromatic carbocycles. The maximum Gasteiger partial charge on any atom is 0.262 e. The van der Waals surface area contributed by atoms with Crippen LogP contribution in [0.2, 0.25) is 0 Å². The van der Waals surface area contributed by atoms with E-state index in [-0.39, 0.29) is 29.4 Å². The van der Waals surface area contributed by atoms with E-state index in [2.05, 4.69) is 14.9 Å². The van der Waals surface area contributed by atoms with E-state index in [9.17, 15) is 18.0 Å². The number of ether oxygens (including phenoxy) is 1. The van der Waals surface area contributed by atoms with Crippen molar-refractivity contribution in [3.05, 3.63) is 53.6 Å². The SMILES string of the molecule is Cc1cc(S(=O)(=O)NC(C)C)ccc1OCC(=O)Nc1ccc(C(=O)N2CCN(C)CC2)cc1. The van der Waals surface area contributed by atoms with Gasteiger partial charge in [-0.05, 0) is 75.8 Å². The molecule has 10 heteroatoms. The number of piperazine rings is 1. The number of hydrogen-bond donors (Lipinski definition) is 2. The van der Waals surface area contributed by atoms with Crippen LogP contribution in [0.3, 0.4) is 0 Å². The summed E-state index contributed by atoms with van der Waals surface area (Å²) in [6.45, 7) is 8.09. The molecule has 0 aliphatic carbocycles. The lowest BCUT2D eigenvalue weighted by atomic mass is 10.1. The molecule has 1 saturated heterocycles. The van der Waals surface area contributed by atoms with E-state index in [1.165, 1.54) is 18.2 Å². The van der Waals surface area contributed by atoms with Gasteiger partial charge in [-0.3, -0.25) is 9.59 Å². The van der Waals surface area contributed by atoms with Gasteiger partial charge in [-0.2, -0.15) is 0 Å². The van der Waals surface area contributed by atoms with Crippen molar-refractivity contribution in [1.29, 1.82) is 0 Å². The molecule has 1 aliphatic heterocycles. The molecule has 184 valence electrons. The highest BCUT2D eigenvalue weighted by atomic mass is 32.2. The Bertz CT molecular complexity index is 1120. The van der Waals surface area contributed by atoms with Gasteiger partial charge in [-0.25, -0.2) is 13.1 Å². The Morgan fingerprint density at radius 3 is 2.26 bits per heavy atom. The average molecular weight is 489 g/mol. The normalized spacial score (nSPS) is 14.8. The van der Waals surface area contributed by atoms with Gasteiger partial charge in [0.15, 0.2) is 6.61 Å². The molecule has 1 aliphatic rings. The number of carbonyl (C=O) groups is 2. The second-order valence-corrected chi connectivity index (χ2v) is 10.4. The monoisotopic (exact) mass is 488 g/mol. The second kappa shape index (κ2) is 11.0. The first-order chi connectivity index (χ1) is 16.0. The first kappa shape index (κ1) is 25.7. The van der Waals surface area contributed by atoms with Crippen LogP contribution in [0, 0.1) is 6.92 Å². The Morgan fingerprint density at radius 2 is 1.68 bits per heavy atom. The zero-order chi connectivity index (χ0) is 24.9. The van der Waals surface area contributed by atoms with Gasteiger partial charge in [0.05, 0.1) is 4.90 Å². The van der Waals surface area contributed by atoms with Crippen LogP contribution in [-0.2, 0) is 14.8 Å². The van der Waals surface area contributed by atoms with Crippen molar-refractivity contribution < 1.29 is 22.7 Å². The summed E-state index contributed by atoms with van der Waals surface area (Å²) in [4.78, 5) is 29.1. The van der Waals surface area contributed by atoms with Crippen molar-refractivity contribution >= 4 is 27.5 Å². The number of likely N-dealkylation sites (N-methyl/N-ethyl adjacent to an activating group) is 1. The first-order valence-corrected chi connectivity index (χ1v) is 12.7. The van der Waals surface area contributed by atoms with E-state index < -0.39 is 10.0 Å². The van der Waals surface area contributed by atoms with E-state index in [0.717, 1.165) is 13.1 Å². The minimum Gasteiger partial charge on any atom is -0.483 e. The van der Waals surface area contributed by atoms with Crippen LogP contribution in [0.15, 0.2) is 47.4 Å². The summed E-state index contributed by atoms with van der Waals surface area (Å²) >= 11 is 0. The van der Waals surface area contributed by atoms with Crippen molar-refractivity contribution in [1.82, 2.24) is 14.5 Å². The number of hydrogen-bond acceptors (Lipinski definition) is 6. The molecular formula is C24H32N4O5S. The summed E-state index contributed by atoms with van der Waals surface area (Å²) in [5.74, 6) is 0.0429. The maximum atomic E-state index is 12.6. The first-order valence-electron chi connectivity index (χ1n) is 11.2. The van der Waals surface area contributed by atoms with Crippen LogP contribution >= 0.6 is 0 Å². The third-order valence-electron chi connectivity index (χ3n) is 5.41. The van der Waals surface area contributed by atoms with Crippen LogP contribution in [-0.4, -0.2) is 75.9 Å². The van der Waals surface area contributed by atoms with Gasteiger partial charge in [0.25, 0.3) is 11.8 Å². The standard InChI is InChI=1S/C24H32N4O5S/c1-17(2)26-34(31,32)21-9-10-22(18(3)15-21)33-16-23(29)25-20-7-5-19(6-8-20)24(30)28-13-11-27(4)12-14-28/h5-10,15,17,26H,11-14,16H2,1-4H3,(H,25,29). The molecule has 0 unspecified atom stereocenters. The number of sulfonamides is 1. The Kier molecular flexibility index (Phi) is 8.29. The molecule has 34 heavy (non-hydrogen) atoms. The van der Waals surface area contributed by atoms with Crippen molar-refractivity contribution in [2.24, 2.45) is 0 Å². The summed E-state index contributed by atoms with van der Waals surface area (Å²) in [5.41, 5.74) is 1.74. The van der Waals surface area contributed by atoms with E-state index in [1.54, 1.807) is 45.0 Å². The molecule has 0 atom stereocenters. The topological polar surface area (TPSA) is 108 Å². The number of nitrogens with one attached hydrogen (secondary N) is 2. The lowest BCUT2D eigenvalue weighted by Crippen LogP contribution is -2.47. The zero-order valence-corrected chi connectivity index (χ0v) is 20.8. The van der Waals surface area contributed by atoms with E-state index in [0.29, 0.717) is 35.7 Å². The summed E-state index contributed by atoms with van der Waals surface area (Å²) < 4.78 is 32.7. The number of carbonyl (C=O) groups excluding carboxylic acids is 2. The predicted octanol–water partition coefficient (Wildman–Crippen LogP) is 2.09. The van der Waals surface area contributed by atoms with Gasteiger partial charge in [0.2, 0.25) is 10.0 Å². The van der Waals surface area contributed by atoms with E-state index in [1.807, 2.05) is 11.9 Å². The van der Waals surface area contributed by atoms with Gasteiger partial charge in [-0.1, -0.05) is 0 Å². The highest BCUT2D eigenvalue weighted by Gasteiger charge is 2.20. The lowest BCUT2D eigenvalue weighted by molar-refractivity contribution is -0.118. The Labute approximate surface area is 201 Å². The summed E-state index contributed by atoms with van der Waals surface area (Å²) in [7, 11) is -1.57. The highest BCUT2D eigenvalue weighted by Crippen LogP contribution is 2.22. The fourth-order valence-electron chi connectivity index (χ4n) is 3.56. The van der Waals surface area contributed by atoms with Gasteiger partial charge >= 0.3 is 0 Å². The Hall–Kier alpha value is -2.95. The molecular weight excluding hydrogens is 456 g/mol. The molecule has 2 amide bonds. The van der Waals surface area contributed by atoms with Crippen molar-refractivity contribution in [2.75, 3.05) is 45.2 Å². The number of rotatable bonds is 8. The fraction of sp³-hybridized carbons (Fsp3) is 0.417. The molecule has 0 saturated carbocycles. The highest BCUT2D eigenvalue weighted by molar-refractivity contribution is 7.89. The second-order valence-electron chi connectivity index (χ2n) is 8.71. The third kappa shape index (κ3) is 6.78. The number of nitrogens with zero attached hydrogens (tertiary/aromatic N) is 2.